The number of anilines is 2. The molecular weight excluding hydrogens is 580 g/mol. The lowest BCUT2D eigenvalue weighted by Gasteiger charge is -2.29. The van der Waals surface area contributed by atoms with E-state index in [9.17, 15) is 19.6 Å². The van der Waals surface area contributed by atoms with Crippen LogP contribution in [0, 0.1) is 11.3 Å². The summed E-state index contributed by atoms with van der Waals surface area (Å²) < 4.78 is 5.51. The monoisotopic (exact) mass is 610 g/mol. The van der Waals surface area contributed by atoms with Crippen molar-refractivity contribution in [2.45, 2.75) is 62.8 Å². The fourth-order valence-electron chi connectivity index (χ4n) is 4.25. The van der Waals surface area contributed by atoms with Crippen LogP contribution >= 0.6 is 34.7 Å². The van der Waals surface area contributed by atoms with E-state index in [0.29, 0.717) is 52.8 Å². The highest BCUT2D eigenvalue weighted by molar-refractivity contribution is 8.00. The molecule has 11 heteroatoms. The van der Waals surface area contributed by atoms with Crippen LogP contribution in [0.4, 0.5) is 15.5 Å². The average Bonchev–Trinajstić information content (AvgIpc) is 3.26. The van der Waals surface area contributed by atoms with Crippen LogP contribution in [-0.4, -0.2) is 40.2 Å². The van der Waals surface area contributed by atoms with E-state index < -0.39 is 16.9 Å². The molecule has 1 aliphatic heterocycles. The second-order valence-electron chi connectivity index (χ2n) is 10.5. The Kier molecular flexibility index (Phi) is 9.64. The first-order valence-corrected chi connectivity index (χ1v) is 15.2. The van der Waals surface area contributed by atoms with E-state index in [0.717, 1.165) is 15.3 Å². The van der Waals surface area contributed by atoms with Crippen LogP contribution in [0.5, 0.6) is 0 Å². The number of fused-ring (bicyclic) bond motifs is 1. The van der Waals surface area contributed by atoms with Crippen LogP contribution in [0.15, 0.2) is 53.4 Å². The van der Waals surface area contributed by atoms with E-state index in [4.69, 9.17) is 16.3 Å². The van der Waals surface area contributed by atoms with Gasteiger partial charge >= 0.3 is 6.09 Å². The number of carbonyl (C=O) groups excluding carboxylic acids is 3. The lowest BCUT2D eigenvalue weighted by molar-refractivity contribution is -0.115. The van der Waals surface area contributed by atoms with Gasteiger partial charge in [0.2, 0.25) is 5.91 Å². The van der Waals surface area contributed by atoms with Crippen molar-refractivity contribution in [3.05, 3.63) is 75.1 Å². The van der Waals surface area contributed by atoms with Crippen molar-refractivity contribution in [2.24, 2.45) is 0 Å². The first kappa shape index (κ1) is 30.4. The summed E-state index contributed by atoms with van der Waals surface area (Å²) in [6.07, 6.45) is 0.674. The lowest BCUT2D eigenvalue weighted by Crippen LogP contribution is -2.39. The van der Waals surface area contributed by atoms with Crippen molar-refractivity contribution in [3.8, 4) is 6.07 Å². The number of nitriles is 1. The van der Waals surface area contributed by atoms with Crippen molar-refractivity contribution < 1.29 is 19.1 Å². The lowest BCUT2D eigenvalue weighted by atomic mass is 10.0. The molecule has 1 aromatic heterocycles. The summed E-state index contributed by atoms with van der Waals surface area (Å²) in [6, 6.07) is 16.2. The van der Waals surface area contributed by atoms with E-state index in [2.05, 4.69) is 16.7 Å². The molecule has 214 valence electrons. The number of carbonyl (C=O) groups is 3. The highest BCUT2D eigenvalue weighted by atomic mass is 35.5. The normalized spacial score (nSPS) is 13.5. The molecule has 1 atom stereocenters. The smallest absolute Gasteiger partial charge is 0.410 e. The largest absolute Gasteiger partial charge is 0.444 e. The van der Waals surface area contributed by atoms with Crippen molar-refractivity contribution in [2.75, 3.05) is 17.2 Å². The van der Waals surface area contributed by atoms with E-state index >= 15 is 0 Å². The van der Waals surface area contributed by atoms with Crippen LogP contribution in [0.2, 0.25) is 5.02 Å². The minimum atomic E-state index is -0.599. The summed E-state index contributed by atoms with van der Waals surface area (Å²) in [5, 5.41) is 16.3. The SMILES string of the molecule is CCC(Sc1cccc(NC(=O)c2cccc(Cl)c2)c1)C(=O)Nc1sc2c(c1C#N)CCN(C(=O)OC(C)(C)C)C2. The summed E-state index contributed by atoms with van der Waals surface area (Å²) in [5.41, 5.74) is 1.77. The summed E-state index contributed by atoms with van der Waals surface area (Å²) in [7, 11) is 0. The van der Waals surface area contributed by atoms with Crippen LogP contribution < -0.4 is 10.6 Å². The number of thiophene rings is 1. The van der Waals surface area contributed by atoms with E-state index in [1.165, 1.54) is 23.1 Å². The van der Waals surface area contributed by atoms with Gasteiger partial charge in [0.05, 0.1) is 17.4 Å². The first-order valence-electron chi connectivity index (χ1n) is 13.1. The van der Waals surface area contributed by atoms with E-state index in [1.807, 2.05) is 45.9 Å². The Morgan fingerprint density at radius 2 is 1.93 bits per heavy atom. The van der Waals surface area contributed by atoms with Crippen molar-refractivity contribution in [3.63, 3.8) is 0 Å². The summed E-state index contributed by atoms with van der Waals surface area (Å²) in [6.45, 7) is 8.16. The van der Waals surface area contributed by atoms with E-state index in [1.54, 1.807) is 35.2 Å². The van der Waals surface area contributed by atoms with Gasteiger partial charge in [-0.05, 0) is 75.6 Å². The molecule has 1 aliphatic rings. The van der Waals surface area contributed by atoms with Gasteiger partial charge in [-0.2, -0.15) is 5.26 Å². The zero-order valence-electron chi connectivity index (χ0n) is 23.2. The van der Waals surface area contributed by atoms with Gasteiger partial charge in [-0.25, -0.2) is 4.79 Å². The maximum Gasteiger partial charge on any atom is 0.410 e. The van der Waals surface area contributed by atoms with Crippen molar-refractivity contribution in [1.29, 1.82) is 5.26 Å². The van der Waals surface area contributed by atoms with Gasteiger partial charge in [-0.3, -0.25) is 9.59 Å². The molecule has 0 radical (unpaired) electrons. The van der Waals surface area contributed by atoms with Gasteiger partial charge in [-0.15, -0.1) is 23.1 Å². The number of thioether (sulfide) groups is 1. The predicted molar refractivity (Wildman–Crippen MR) is 164 cm³/mol. The first-order chi connectivity index (χ1) is 19.5. The van der Waals surface area contributed by atoms with Gasteiger partial charge in [0.15, 0.2) is 0 Å². The Bertz CT molecular complexity index is 1510. The Hall–Kier alpha value is -3.52. The average molecular weight is 611 g/mol. The number of nitrogens with one attached hydrogen (secondary N) is 2. The number of ether oxygens (including phenoxy) is 1. The third-order valence-corrected chi connectivity index (χ3v) is 8.90. The van der Waals surface area contributed by atoms with Crippen molar-refractivity contribution >= 4 is 63.3 Å². The fraction of sp³-hybridized carbons (Fsp3) is 0.333. The van der Waals surface area contributed by atoms with E-state index in [-0.39, 0.29) is 11.8 Å². The topological polar surface area (TPSA) is 112 Å². The molecule has 4 rings (SSSR count). The summed E-state index contributed by atoms with van der Waals surface area (Å²) >= 11 is 8.71. The number of rotatable bonds is 7. The summed E-state index contributed by atoms with van der Waals surface area (Å²) in [4.78, 5) is 41.9. The molecule has 1 unspecified atom stereocenters. The second-order valence-corrected chi connectivity index (χ2v) is 13.3. The molecule has 41 heavy (non-hydrogen) atoms. The summed E-state index contributed by atoms with van der Waals surface area (Å²) in [5.74, 6) is -0.500. The maximum absolute atomic E-state index is 13.3. The number of halogens is 1. The number of hydrogen-bond acceptors (Lipinski definition) is 7. The highest BCUT2D eigenvalue weighted by Gasteiger charge is 2.31. The molecule has 0 fully saturated rings. The van der Waals surface area contributed by atoms with Gasteiger partial charge in [0.1, 0.15) is 16.7 Å². The molecule has 2 N–H and O–H groups in total. The fourth-order valence-corrected chi connectivity index (χ4v) is 6.67. The maximum atomic E-state index is 13.3. The molecule has 2 heterocycles. The van der Waals surface area contributed by atoms with Crippen LogP contribution in [-0.2, 0) is 22.5 Å². The second kappa shape index (κ2) is 13.0. The molecule has 0 aliphatic carbocycles. The highest BCUT2D eigenvalue weighted by Crippen LogP contribution is 2.38. The molecule has 2 aromatic carbocycles. The molecule has 8 nitrogen and oxygen atoms in total. The van der Waals surface area contributed by atoms with Gasteiger partial charge < -0.3 is 20.3 Å². The van der Waals surface area contributed by atoms with Crippen LogP contribution in [0.25, 0.3) is 0 Å². The van der Waals surface area contributed by atoms with Gasteiger partial charge in [0, 0.05) is 32.6 Å². The molecule has 3 amide bonds. The molecule has 3 aromatic rings. The van der Waals surface area contributed by atoms with Gasteiger partial charge in [0.25, 0.3) is 5.91 Å². The van der Waals surface area contributed by atoms with Crippen molar-refractivity contribution in [1.82, 2.24) is 4.90 Å². The quantitative estimate of drug-likeness (QED) is 0.271. The van der Waals surface area contributed by atoms with Gasteiger partial charge in [-0.1, -0.05) is 30.7 Å². The Labute approximate surface area is 253 Å². The zero-order chi connectivity index (χ0) is 29.7. The third-order valence-electron chi connectivity index (χ3n) is 6.18. The van der Waals surface area contributed by atoms with Crippen LogP contribution in [0.3, 0.4) is 0 Å². The standard InChI is InChI=1S/C30H31ClN4O4S2/c1-5-24(40-21-11-7-10-20(15-21)33-26(36)18-8-6-9-19(31)14-18)27(37)34-28-23(16-32)22-12-13-35(17-25(22)41-28)29(38)39-30(2,3)4/h6-11,14-15,24H,5,12-13,17H2,1-4H3,(H,33,36)(H,34,37). The molecule has 0 saturated carbocycles. The number of hydrogen-bond donors (Lipinski definition) is 2. The molecule has 0 bridgehead atoms. The zero-order valence-corrected chi connectivity index (χ0v) is 25.6. The minimum absolute atomic E-state index is 0.218. The van der Waals surface area contributed by atoms with Crippen LogP contribution in [0.1, 0.15) is 60.5 Å². The number of benzene rings is 2. The Balaban J connectivity index is 1.43. The molecule has 0 saturated heterocycles. The molecule has 0 spiro atoms. The number of nitrogens with zero attached hydrogens (tertiary/aromatic N) is 2. The predicted octanol–water partition coefficient (Wildman–Crippen LogP) is 7.33. The third kappa shape index (κ3) is 7.82. The molecular formula is C30H31ClN4O4S2. The Morgan fingerprint density at radius 3 is 2.61 bits per heavy atom. The number of amides is 3. The minimum Gasteiger partial charge on any atom is -0.444 e. The Morgan fingerprint density at radius 1 is 1.17 bits per heavy atom.